The number of aromatic nitrogens is 1. The quantitative estimate of drug-likeness (QED) is 0.830. The highest BCUT2D eigenvalue weighted by atomic mass is 32.1. The summed E-state index contributed by atoms with van der Waals surface area (Å²) in [6.45, 7) is 0. The number of thiazole rings is 1. The van der Waals surface area contributed by atoms with Crippen molar-refractivity contribution in [3.05, 3.63) is 16.6 Å². The molecule has 0 aliphatic heterocycles. The Balaban J connectivity index is 1.75. The largest absolute Gasteiger partial charge is 0.393 e. The normalized spacial score (nSPS) is 20.1. The molecule has 1 saturated carbocycles. The maximum Gasteiger partial charge on any atom is 0.0794 e. The molecule has 0 bridgehead atoms. The number of rotatable bonds is 4. The molecule has 1 aliphatic carbocycles. The lowest BCUT2D eigenvalue weighted by molar-refractivity contribution is 0.144. The monoisotopic (exact) mass is 211 g/mol. The van der Waals surface area contributed by atoms with E-state index < -0.39 is 0 Å². The SMILES string of the molecule is OC(Cc1cncs1)CC1CCCC1. The van der Waals surface area contributed by atoms with E-state index in [0.29, 0.717) is 0 Å². The highest BCUT2D eigenvalue weighted by molar-refractivity contribution is 7.09. The molecule has 1 fully saturated rings. The van der Waals surface area contributed by atoms with E-state index in [1.54, 1.807) is 11.3 Å². The fraction of sp³-hybridized carbons (Fsp3) is 0.727. The maximum absolute atomic E-state index is 9.86. The van der Waals surface area contributed by atoms with Crippen LogP contribution in [0.4, 0.5) is 0 Å². The predicted octanol–water partition coefficient (Wildman–Crippen LogP) is 2.63. The minimum atomic E-state index is -0.154. The van der Waals surface area contributed by atoms with Crippen molar-refractivity contribution in [2.24, 2.45) is 5.92 Å². The number of nitrogens with zero attached hydrogens (tertiary/aromatic N) is 1. The van der Waals surface area contributed by atoms with Gasteiger partial charge in [0.1, 0.15) is 0 Å². The van der Waals surface area contributed by atoms with Gasteiger partial charge in [0.05, 0.1) is 11.6 Å². The van der Waals surface area contributed by atoms with E-state index in [-0.39, 0.29) is 6.10 Å². The van der Waals surface area contributed by atoms with Crippen LogP contribution in [0.3, 0.4) is 0 Å². The highest BCUT2D eigenvalue weighted by Gasteiger charge is 2.19. The van der Waals surface area contributed by atoms with Gasteiger partial charge in [-0.05, 0) is 12.3 Å². The molecule has 0 radical (unpaired) electrons. The van der Waals surface area contributed by atoms with Gasteiger partial charge in [-0.3, -0.25) is 4.98 Å². The van der Waals surface area contributed by atoms with Crippen LogP contribution >= 0.6 is 11.3 Å². The Hall–Kier alpha value is -0.410. The fourth-order valence-corrected chi connectivity index (χ4v) is 2.96. The first kappa shape index (κ1) is 10.1. The van der Waals surface area contributed by atoms with Crippen molar-refractivity contribution in [1.82, 2.24) is 4.98 Å². The summed E-state index contributed by atoms with van der Waals surface area (Å²) in [5.41, 5.74) is 1.83. The molecule has 1 aliphatic rings. The Morgan fingerprint density at radius 2 is 2.29 bits per heavy atom. The third-order valence-corrected chi connectivity index (χ3v) is 3.80. The van der Waals surface area contributed by atoms with Crippen molar-refractivity contribution in [2.75, 3.05) is 0 Å². The molecule has 0 amide bonds. The van der Waals surface area contributed by atoms with Gasteiger partial charge in [0, 0.05) is 17.5 Å². The zero-order valence-corrected chi connectivity index (χ0v) is 9.17. The molecule has 2 nitrogen and oxygen atoms in total. The van der Waals surface area contributed by atoms with Crippen LogP contribution in [0.5, 0.6) is 0 Å². The van der Waals surface area contributed by atoms with E-state index in [0.717, 1.165) is 18.8 Å². The molecular formula is C11H17NOS. The van der Waals surface area contributed by atoms with E-state index in [1.807, 2.05) is 11.7 Å². The summed E-state index contributed by atoms with van der Waals surface area (Å²) in [7, 11) is 0. The molecule has 1 unspecified atom stereocenters. The highest BCUT2D eigenvalue weighted by Crippen LogP contribution is 2.29. The van der Waals surface area contributed by atoms with Crippen LogP contribution in [0, 0.1) is 5.92 Å². The average Bonchev–Trinajstić information content (AvgIpc) is 2.76. The first-order chi connectivity index (χ1) is 6.84. The van der Waals surface area contributed by atoms with Crippen molar-refractivity contribution in [3.8, 4) is 0 Å². The van der Waals surface area contributed by atoms with Crippen molar-refractivity contribution < 1.29 is 5.11 Å². The number of aliphatic hydroxyl groups is 1. The van der Waals surface area contributed by atoms with Crippen molar-refractivity contribution in [2.45, 2.75) is 44.6 Å². The first-order valence-corrected chi connectivity index (χ1v) is 6.28. The third kappa shape index (κ3) is 2.79. The second-order valence-corrected chi connectivity index (χ2v) is 5.18. The van der Waals surface area contributed by atoms with Crippen molar-refractivity contribution in [3.63, 3.8) is 0 Å². The Morgan fingerprint density at radius 3 is 2.93 bits per heavy atom. The molecule has 3 heteroatoms. The third-order valence-electron chi connectivity index (χ3n) is 3.00. The van der Waals surface area contributed by atoms with E-state index >= 15 is 0 Å². The second kappa shape index (κ2) is 4.89. The Labute approximate surface area is 89.0 Å². The molecule has 1 aromatic rings. The minimum Gasteiger partial charge on any atom is -0.393 e. The summed E-state index contributed by atoms with van der Waals surface area (Å²) in [6, 6.07) is 0. The number of hydrogen-bond donors (Lipinski definition) is 1. The summed E-state index contributed by atoms with van der Waals surface area (Å²) in [5.74, 6) is 0.776. The summed E-state index contributed by atoms with van der Waals surface area (Å²) in [6.07, 6.45) is 8.84. The van der Waals surface area contributed by atoms with Gasteiger partial charge in [-0.25, -0.2) is 0 Å². The van der Waals surface area contributed by atoms with Crippen molar-refractivity contribution in [1.29, 1.82) is 0 Å². The van der Waals surface area contributed by atoms with Gasteiger partial charge in [0.25, 0.3) is 0 Å². The van der Waals surface area contributed by atoms with Gasteiger partial charge in [-0.1, -0.05) is 25.7 Å². The maximum atomic E-state index is 9.86. The van der Waals surface area contributed by atoms with Crippen LogP contribution in [0.1, 0.15) is 37.0 Å². The predicted molar refractivity (Wildman–Crippen MR) is 58.4 cm³/mol. The topological polar surface area (TPSA) is 33.1 Å². The van der Waals surface area contributed by atoms with Crippen molar-refractivity contribution >= 4 is 11.3 Å². The zero-order valence-electron chi connectivity index (χ0n) is 8.35. The van der Waals surface area contributed by atoms with Crippen LogP contribution in [0.15, 0.2) is 11.7 Å². The molecule has 0 aromatic carbocycles. The summed E-state index contributed by atoms with van der Waals surface area (Å²) >= 11 is 1.64. The molecule has 78 valence electrons. The number of aliphatic hydroxyl groups excluding tert-OH is 1. The summed E-state index contributed by atoms with van der Waals surface area (Å²) < 4.78 is 0. The average molecular weight is 211 g/mol. The van der Waals surface area contributed by atoms with Crippen LogP contribution in [0.2, 0.25) is 0 Å². The van der Waals surface area contributed by atoms with Gasteiger partial charge < -0.3 is 5.11 Å². The molecule has 14 heavy (non-hydrogen) atoms. The van der Waals surface area contributed by atoms with Gasteiger partial charge in [-0.15, -0.1) is 11.3 Å². The van der Waals surface area contributed by atoms with Gasteiger partial charge in [0.15, 0.2) is 0 Å². The van der Waals surface area contributed by atoms with Gasteiger partial charge in [0.2, 0.25) is 0 Å². The van der Waals surface area contributed by atoms with Gasteiger partial charge >= 0.3 is 0 Å². The Kier molecular flexibility index (Phi) is 3.54. The summed E-state index contributed by atoms with van der Waals surface area (Å²) in [4.78, 5) is 5.22. The first-order valence-electron chi connectivity index (χ1n) is 5.40. The van der Waals surface area contributed by atoms with E-state index in [2.05, 4.69) is 4.98 Å². The molecule has 1 atom stereocenters. The molecular weight excluding hydrogens is 194 g/mol. The van der Waals surface area contributed by atoms with E-state index in [1.165, 1.54) is 30.6 Å². The number of hydrogen-bond acceptors (Lipinski definition) is 3. The minimum absolute atomic E-state index is 0.154. The lowest BCUT2D eigenvalue weighted by Gasteiger charge is -2.13. The standard InChI is InChI=1S/C11H17NOS/c13-10(5-9-3-1-2-4-9)6-11-7-12-8-14-11/h7-10,13H,1-6H2. The molecule has 1 aromatic heterocycles. The zero-order chi connectivity index (χ0) is 9.80. The molecule has 1 N–H and O–H groups in total. The fourth-order valence-electron chi connectivity index (χ4n) is 2.29. The molecule has 0 spiro atoms. The van der Waals surface area contributed by atoms with Crippen LogP contribution in [-0.2, 0) is 6.42 Å². The lowest BCUT2D eigenvalue weighted by Crippen LogP contribution is -2.14. The summed E-state index contributed by atoms with van der Waals surface area (Å²) in [5, 5.41) is 9.86. The Morgan fingerprint density at radius 1 is 1.50 bits per heavy atom. The van der Waals surface area contributed by atoms with E-state index in [4.69, 9.17) is 0 Å². The smallest absolute Gasteiger partial charge is 0.0794 e. The van der Waals surface area contributed by atoms with Gasteiger partial charge in [-0.2, -0.15) is 0 Å². The van der Waals surface area contributed by atoms with Crippen LogP contribution in [0.25, 0.3) is 0 Å². The van der Waals surface area contributed by atoms with Crippen LogP contribution < -0.4 is 0 Å². The second-order valence-electron chi connectivity index (χ2n) is 4.21. The van der Waals surface area contributed by atoms with E-state index in [9.17, 15) is 5.11 Å². The lowest BCUT2D eigenvalue weighted by atomic mass is 9.98. The molecule has 0 saturated heterocycles. The molecule has 1 heterocycles. The molecule has 2 rings (SSSR count). The van der Waals surface area contributed by atoms with Crippen LogP contribution in [-0.4, -0.2) is 16.2 Å². The Bertz CT molecular complexity index is 254.